The van der Waals surface area contributed by atoms with Crippen LogP contribution in [0.4, 0.5) is 0 Å². The molecule has 0 spiro atoms. The van der Waals surface area contributed by atoms with Crippen molar-refractivity contribution in [2.24, 2.45) is 5.10 Å². The maximum atomic E-state index is 11.0. The molecule has 16 heavy (non-hydrogen) atoms. The van der Waals surface area contributed by atoms with Crippen molar-refractivity contribution in [3.63, 3.8) is 0 Å². The molecule has 1 aliphatic rings. The van der Waals surface area contributed by atoms with E-state index in [1.807, 2.05) is 13.1 Å². The molecule has 2 rings (SSSR count). The van der Waals surface area contributed by atoms with E-state index in [0.717, 1.165) is 16.3 Å². The Hall–Kier alpha value is -1.17. The molecule has 2 heterocycles. The zero-order valence-corrected chi connectivity index (χ0v) is 10.0. The van der Waals surface area contributed by atoms with E-state index in [2.05, 4.69) is 15.5 Å². The van der Waals surface area contributed by atoms with Gasteiger partial charge >= 0.3 is 0 Å². The van der Waals surface area contributed by atoms with Crippen LogP contribution < -0.4 is 22.7 Å². The second kappa shape index (κ2) is 5.25. The van der Waals surface area contributed by atoms with Crippen LogP contribution in [0.1, 0.15) is 5.56 Å². The monoisotopic (exact) mass is 260 g/mol. The summed E-state index contributed by atoms with van der Waals surface area (Å²) in [7, 11) is 1.88. The third-order valence-electron chi connectivity index (χ3n) is 2.12. The minimum Gasteiger partial charge on any atom is -1.00 e. The highest BCUT2D eigenvalue weighted by Gasteiger charge is 2.23. The van der Waals surface area contributed by atoms with E-state index in [9.17, 15) is 4.79 Å². The first-order valence-corrected chi connectivity index (χ1v) is 4.86. The van der Waals surface area contributed by atoms with E-state index in [0.29, 0.717) is 11.7 Å². The third-order valence-corrected chi connectivity index (χ3v) is 2.35. The molecule has 1 unspecified atom stereocenters. The second-order valence-corrected chi connectivity index (χ2v) is 3.71. The van der Waals surface area contributed by atoms with Crippen molar-refractivity contribution in [2.45, 2.75) is 0 Å². The van der Waals surface area contributed by atoms with Gasteiger partial charge in [-0.1, -0.05) is 11.6 Å². The molecule has 0 bridgehead atoms. The highest BCUT2D eigenvalue weighted by Crippen LogP contribution is 2.04. The van der Waals surface area contributed by atoms with Crippen LogP contribution in [0, 0.1) is 0 Å². The quantitative estimate of drug-likeness (QED) is 0.507. The Labute approximate surface area is 104 Å². The number of quaternary nitrogens is 1. The van der Waals surface area contributed by atoms with E-state index in [1.54, 1.807) is 12.3 Å². The average Bonchev–Trinajstić information content (AvgIpc) is 2.20. The summed E-state index contributed by atoms with van der Waals surface area (Å²) in [5.74, 6) is 0.678. The molecule has 2 N–H and O–H groups in total. The third kappa shape index (κ3) is 2.69. The lowest BCUT2D eigenvalue weighted by atomic mass is 10.2. The number of amides is 1. The van der Waals surface area contributed by atoms with Gasteiger partial charge in [-0.2, -0.15) is 0 Å². The fraction of sp³-hybridized carbons (Fsp3) is 0.222. The summed E-state index contributed by atoms with van der Waals surface area (Å²) in [6.07, 6.45) is 1.64. The Bertz CT molecular complexity index is 418. The molecule has 5 nitrogen and oxygen atoms in total. The summed E-state index contributed by atoms with van der Waals surface area (Å²) >= 11 is 5.68. The van der Waals surface area contributed by atoms with Crippen LogP contribution in [0.25, 0.3) is 0 Å². The van der Waals surface area contributed by atoms with Crippen LogP contribution in [-0.2, 0) is 4.79 Å². The number of hydrazone groups is 1. The molecule has 0 aromatic carbocycles. The van der Waals surface area contributed by atoms with Gasteiger partial charge in [0, 0.05) is 6.20 Å². The molecule has 0 saturated heterocycles. The van der Waals surface area contributed by atoms with Crippen molar-refractivity contribution in [3.8, 4) is 0 Å². The van der Waals surface area contributed by atoms with Gasteiger partial charge in [-0.25, -0.2) is 10.4 Å². The summed E-state index contributed by atoms with van der Waals surface area (Å²) in [4.78, 5) is 15.9. The average molecular weight is 261 g/mol. The molecule has 0 fully saturated rings. The smallest absolute Gasteiger partial charge is 0.295 e. The second-order valence-electron chi connectivity index (χ2n) is 3.32. The Morgan fingerprint density at radius 2 is 2.25 bits per heavy atom. The Morgan fingerprint density at radius 3 is 2.81 bits per heavy atom. The number of aromatic nitrogens is 1. The number of carbonyl (C=O) groups excluding carboxylic acids is 1. The van der Waals surface area contributed by atoms with Crippen LogP contribution in [0.3, 0.4) is 0 Å². The van der Waals surface area contributed by atoms with Crippen molar-refractivity contribution in [1.82, 2.24) is 10.4 Å². The SMILES string of the molecule is C[NH+]1CC(=O)NN=C1c1ccc(Cl)nc1.[Cl-]. The topological polar surface area (TPSA) is 58.8 Å². The van der Waals surface area contributed by atoms with E-state index in [4.69, 9.17) is 11.6 Å². The molecule has 7 heteroatoms. The normalized spacial score (nSPS) is 19.5. The number of hydrogen-bond acceptors (Lipinski definition) is 3. The summed E-state index contributed by atoms with van der Waals surface area (Å²) in [6.45, 7) is 0.376. The van der Waals surface area contributed by atoms with Gasteiger partial charge in [0.15, 0.2) is 6.54 Å². The van der Waals surface area contributed by atoms with E-state index in [-0.39, 0.29) is 18.3 Å². The first-order chi connectivity index (χ1) is 7.16. The Balaban J connectivity index is 0.00000128. The van der Waals surface area contributed by atoms with E-state index < -0.39 is 0 Å². The number of amidine groups is 1. The van der Waals surface area contributed by atoms with Gasteiger partial charge in [0.1, 0.15) is 5.15 Å². The fourth-order valence-corrected chi connectivity index (χ4v) is 1.52. The molecule has 1 aromatic rings. The molecule has 1 aromatic heterocycles. The Morgan fingerprint density at radius 1 is 1.50 bits per heavy atom. The fourth-order valence-electron chi connectivity index (χ4n) is 1.40. The molecule has 0 aliphatic carbocycles. The molecule has 1 aliphatic heterocycles. The van der Waals surface area contributed by atoms with Crippen LogP contribution in [0.5, 0.6) is 0 Å². The number of halogens is 2. The number of hydrogen-bond donors (Lipinski definition) is 2. The van der Waals surface area contributed by atoms with Gasteiger partial charge in [-0.15, -0.1) is 5.10 Å². The van der Waals surface area contributed by atoms with Gasteiger partial charge in [0.2, 0.25) is 0 Å². The van der Waals surface area contributed by atoms with Crippen molar-refractivity contribution < 1.29 is 22.1 Å². The summed E-state index contributed by atoms with van der Waals surface area (Å²) in [6, 6.07) is 3.53. The van der Waals surface area contributed by atoms with Crippen LogP contribution >= 0.6 is 11.6 Å². The predicted molar refractivity (Wildman–Crippen MR) is 55.7 cm³/mol. The van der Waals surface area contributed by atoms with Gasteiger partial charge in [0.05, 0.1) is 12.6 Å². The first-order valence-electron chi connectivity index (χ1n) is 4.48. The predicted octanol–water partition coefficient (Wildman–Crippen LogP) is -3.95. The standard InChI is InChI=1S/C9H9ClN4O.ClH/c1-14-5-8(15)12-13-9(14)6-2-3-7(10)11-4-6;/h2-4H,5H2,1H3,(H,12,15);1H. The molecule has 0 saturated carbocycles. The minimum atomic E-state index is -0.0850. The molecule has 1 amide bonds. The lowest BCUT2D eigenvalue weighted by molar-refractivity contribution is -0.774. The van der Waals surface area contributed by atoms with Crippen LogP contribution in [0.15, 0.2) is 23.4 Å². The molecular weight excluding hydrogens is 251 g/mol. The number of pyridine rings is 1. The Kier molecular flexibility index (Phi) is 4.23. The number of rotatable bonds is 1. The zero-order chi connectivity index (χ0) is 10.8. The van der Waals surface area contributed by atoms with E-state index >= 15 is 0 Å². The van der Waals surface area contributed by atoms with Crippen molar-refractivity contribution >= 4 is 23.3 Å². The molecule has 0 radical (unpaired) electrons. The number of nitrogens with zero attached hydrogens (tertiary/aromatic N) is 2. The highest BCUT2D eigenvalue weighted by atomic mass is 35.5. The van der Waals surface area contributed by atoms with Gasteiger partial charge in [0.25, 0.3) is 11.7 Å². The summed E-state index contributed by atoms with van der Waals surface area (Å²) < 4.78 is 0. The highest BCUT2D eigenvalue weighted by molar-refractivity contribution is 6.29. The lowest BCUT2D eigenvalue weighted by Gasteiger charge is -2.18. The van der Waals surface area contributed by atoms with Gasteiger partial charge < -0.3 is 12.4 Å². The minimum absolute atomic E-state index is 0. The maximum Gasteiger partial charge on any atom is 0.295 e. The maximum absolute atomic E-state index is 11.0. The van der Waals surface area contributed by atoms with Gasteiger partial charge in [-0.05, 0) is 12.1 Å². The van der Waals surface area contributed by atoms with Crippen molar-refractivity contribution in [3.05, 3.63) is 29.0 Å². The van der Waals surface area contributed by atoms with Gasteiger partial charge in [-0.3, -0.25) is 9.69 Å². The largest absolute Gasteiger partial charge is 1.00 e. The number of carbonyl (C=O) groups is 1. The molecule has 86 valence electrons. The number of nitrogens with one attached hydrogen (secondary N) is 2. The molecular formula is C9H10Cl2N4O. The lowest BCUT2D eigenvalue weighted by Crippen LogP contribution is -3.14. The van der Waals surface area contributed by atoms with E-state index in [1.165, 1.54) is 0 Å². The van der Waals surface area contributed by atoms with Crippen molar-refractivity contribution in [1.29, 1.82) is 0 Å². The van der Waals surface area contributed by atoms with Crippen LogP contribution in [-0.4, -0.2) is 30.3 Å². The first kappa shape index (κ1) is 12.9. The van der Waals surface area contributed by atoms with Crippen molar-refractivity contribution in [2.75, 3.05) is 13.6 Å². The summed E-state index contributed by atoms with van der Waals surface area (Å²) in [5, 5.41) is 4.43. The number of likely N-dealkylation sites (N-methyl/N-ethyl adjacent to an activating group) is 1. The van der Waals surface area contributed by atoms with Crippen LogP contribution in [0.2, 0.25) is 5.15 Å². The summed E-state index contributed by atoms with van der Waals surface area (Å²) in [5.41, 5.74) is 3.30. The zero-order valence-electron chi connectivity index (χ0n) is 8.50. The molecule has 1 atom stereocenters.